The van der Waals surface area contributed by atoms with Crippen molar-refractivity contribution in [1.82, 2.24) is 24.4 Å². The van der Waals surface area contributed by atoms with Gasteiger partial charge in [0.25, 0.3) is 5.91 Å². The summed E-state index contributed by atoms with van der Waals surface area (Å²) in [4.78, 5) is 27.5. The van der Waals surface area contributed by atoms with E-state index in [1.807, 2.05) is 24.4 Å². The molecule has 7 nitrogen and oxygen atoms in total. The number of nitrogens with zero attached hydrogens (tertiary/aromatic N) is 5. The minimum absolute atomic E-state index is 0.0822. The Hall–Kier alpha value is -3.22. The second-order valence-corrected chi connectivity index (χ2v) is 6.70. The second kappa shape index (κ2) is 7.57. The van der Waals surface area contributed by atoms with E-state index in [0.717, 1.165) is 24.4 Å². The number of hydrogen-bond donors (Lipinski definition) is 1. The average molecular weight is 363 g/mol. The molecule has 0 aromatic carbocycles. The van der Waals surface area contributed by atoms with E-state index in [1.54, 1.807) is 23.4 Å². The summed E-state index contributed by atoms with van der Waals surface area (Å²) in [5.74, 6) is 0.789. The summed E-state index contributed by atoms with van der Waals surface area (Å²) in [5, 5.41) is 9.94. The molecule has 27 heavy (non-hydrogen) atoms. The molecule has 3 aromatic heterocycles. The molecule has 1 aliphatic heterocycles. The van der Waals surface area contributed by atoms with Crippen LogP contribution in [0.4, 0.5) is 0 Å². The lowest BCUT2D eigenvalue weighted by atomic mass is 9.96. The van der Waals surface area contributed by atoms with Crippen LogP contribution in [-0.4, -0.2) is 48.5 Å². The molecule has 4 heterocycles. The fourth-order valence-corrected chi connectivity index (χ4v) is 3.56. The number of hydrogen-bond acceptors (Lipinski definition) is 5. The van der Waals surface area contributed by atoms with Gasteiger partial charge in [0.2, 0.25) is 0 Å². The van der Waals surface area contributed by atoms with E-state index in [4.69, 9.17) is 0 Å². The van der Waals surface area contributed by atoms with Gasteiger partial charge in [-0.25, -0.2) is 9.97 Å². The first-order valence-corrected chi connectivity index (χ1v) is 9.06. The molecule has 1 amide bonds. The van der Waals surface area contributed by atoms with Crippen molar-refractivity contribution in [3.63, 3.8) is 0 Å². The first-order chi connectivity index (χ1) is 13.2. The van der Waals surface area contributed by atoms with Crippen LogP contribution in [0.3, 0.4) is 0 Å². The molecule has 7 heteroatoms. The molecule has 0 aliphatic carbocycles. The van der Waals surface area contributed by atoms with E-state index < -0.39 is 0 Å². The molecule has 0 unspecified atom stereocenters. The summed E-state index contributed by atoms with van der Waals surface area (Å²) in [6, 6.07) is 8.96. The summed E-state index contributed by atoms with van der Waals surface area (Å²) in [7, 11) is 0. The third kappa shape index (κ3) is 3.67. The molecule has 1 N–H and O–H groups in total. The van der Waals surface area contributed by atoms with Crippen LogP contribution in [0.25, 0.3) is 0 Å². The molecule has 0 spiro atoms. The molecule has 1 aliphatic rings. The maximum Gasteiger partial charge on any atom is 0.276 e. The van der Waals surface area contributed by atoms with Crippen molar-refractivity contribution in [1.29, 1.82) is 0 Å². The normalized spacial score (nSPS) is 17.0. The van der Waals surface area contributed by atoms with Crippen LogP contribution >= 0.6 is 0 Å². The van der Waals surface area contributed by atoms with Gasteiger partial charge in [-0.05, 0) is 37.1 Å². The Kier molecular flexibility index (Phi) is 4.82. The highest BCUT2D eigenvalue weighted by Gasteiger charge is 2.29. The van der Waals surface area contributed by atoms with Gasteiger partial charge in [-0.3, -0.25) is 9.78 Å². The van der Waals surface area contributed by atoms with E-state index >= 15 is 0 Å². The molecule has 1 saturated heterocycles. The van der Waals surface area contributed by atoms with Gasteiger partial charge in [0.1, 0.15) is 11.6 Å². The largest absolute Gasteiger partial charge is 0.505 e. The molecule has 0 bridgehead atoms. The Morgan fingerprint density at radius 2 is 2.00 bits per heavy atom. The van der Waals surface area contributed by atoms with Crippen LogP contribution in [-0.2, 0) is 6.54 Å². The Morgan fingerprint density at radius 1 is 1.11 bits per heavy atom. The van der Waals surface area contributed by atoms with Crippen LogP contribution in [0.1, 0.15) is 40.8 Å². The van der Waals surface area contributed by atoms with E-state index in [-0.39, 0.29) is 23.3 Å². The predicted octanol–water partition coefficient (Wildman–Crippen LogP) is 2.45. The average Bonchev–Trinajstić information content (AvgIpc) is 3.17. The molecule has 0 radical (unpaired) electrons. The summed E-state index contributed by atoms with van der Waals surface area (Å²) in [6.45, 7) is 1.88. The fraction of sp³-hybridized carbons (Fsp3) is 0.300. The number of amides is 1. The van der Waals surface area contributed by atoms with Crippen molar-refractivity contribution in [2.45, 2.75) is 25.3 Å². The SMILES string of the molecule is O=C(c1ncccc1O)N1CCC[C@@H](c2nccn2Cc2ccccn2)C1. The maximum atomic E-state index is 12.8. The predicted molar refractivity (Wildman–Crippen MR) is 99.3 cm³/mol. The number of carbonyl (C=O) groups is 1. The first kappa shape index (κ1) is 17.2. The molecule has 1 fully saturated rings. The van der Waals surface area contributed by atoms with Crippen molar-refractivity contribution >= 4 is 5.91 Å². The summed E-state index contributed by atoms with van der Waals surface area (Å²) < 4.78 is 2.10. The van der Waals surface area contributed by atoms with Gasteiger partial charge >= 0.3 is 0 Å². The molecular weight excluding hydrogens is 342 g/mol. The lowest BCUT2D eigenvalue weighted by molar-refractivity contribution is 0.0694. The third-order valence-electron chi connectivity index (χ3n) is 4.87. The van der Waals surface area contributed by atoms with E-state index in [1.165, 1.54) is 12.3 Å². The number of pyridine rings is 2. The van der Waals surface area contributed by atoms with E-state index in [2.05, 4.69) is 19.5 Å². The van der Waals surface area contributed by atoms with Gasteiger partial charge in [0.05, 0.1) is 12.2 Å². The van der Waals surface area contributed by atoms with Crippen molar-refractivity contribution < 1.29 is 9.90 Å². The molecule has 4 rings (SSSR count). The Bertz CT molecular complexity index is 925. The smallest absolute Gasteiger partial charge is 0.276 e. The molecule has 1 atom stereocenters. The minimum atomic E-state index is -0.236. The number of likely N-dealkylation sites (tertiary alicyclic amines) is 1. The van der Waals surface area contributed by atoms with E-state index in [9.17, 15) is 9.90 Å². The van der Waals surface area contributed by atoms with Gasteiger partial charge in [0.15, 0.2) is 5.69 Å². The van der Waals surface area contributed by atoms with Crippen molar-refractivity contribution in [3.05, 3.63) is 72.3 Å². The highest BCUT2D eigenvalue weighted by atomic mass is 16.3. The zero-order valence-corrected chi connectivity index (χ0v) is 14.9. The van der Waals surface area contributed by atoms with Crippen LogP contribution in [0.2, 0.25) is 0 Å². The Labute approximate surface area is 157 Å². The number of aromatic nitrogens is 4. The lowest BCUT2D eigenvalue weighted by Gasteiger charge is -2.32. The van der Waals surface area contributed by atoms with Gasteiger partial charge in [-0.15, -0.1) is 0 Å². The number of imidazole rings is 1. The van der Waals surface area contributed by atoms with Gasteiger partial charge in [-0.2, -0.15) is 0 Å². The monoisotopic (exact) mass is 363 g/mol. The highest BCUT2D eigenvalue weighted by molar-refractivity contribution is 5.94. The fourth-order valence-electron chi connectivity index (χ4n) is 3.56. The van der Waals surface area contributed by atoms with Crippen LogP contribution < -0.4 is 0 Å². The van der Waals surface area contributed by atoms with Crippen molar-refractivity contribution in [2.24, 2.45) is 0 Å². The van der Waals surface area contributed by atoms with Crippen LogP contribution in [0.15, 0.2) is 55.1 Å². The number of aromatic hydroxyl groups is 1. The maximum absolute atomic E-state index is 12.8. The van der Waals surface area contributed by atoms with Crippen LogP contribution in [0.5, 0.6) is 5.75 Å². The Morgan fingerprint density at radius 3 is 2.81 bits per heavy atom. The summed E-state index contributed by atoms with van der Waals surface area (Å²) in [5.41, 5.74) is 1.08. The second-order valence-electron chi connectivity index (χ2n) is 6.70. The molecule has 138 valence electrons. The summed E-state index contributed by atoms with van der Waals surface area (Å²) in [6.07, 6.45) is 8.91. The van der Waals surface area contributed by atoms with Crippen molar-refractivity contribution in [3.8, 4) is 5.75 Å². The standard InChI is InChI=1S/C20H21N5O2/c26-17-7-3-9-22-18(17)20(27)25-11-4-5-15(13-25)19-23-10-12-24(19)14-16-6-1-2-8-21-16/h1-3,6-10,12,15,26H,4-5,11,13-14H2/t15-/m1/s1. The van der Waals surface area contributed by atoms with Crippen LogP contribution in [0, 0.1) is 0 Å². The zero-order valence-electron chi connectivity index (χ0n) is 14.9. The molecule has 3 aromatic rings. The molecular formula is C20H21N5O2. The zero-order chi connectivity index (χ0) is 18.6. The number of piperidine rings is 1. The number of rotatable bonds is 4. The first-order valence-electron chi connectivity index (χ1n) is 9.06. The quantitative estimate of drug-likeness (QED) is 0.770. The van der Waals surface area contributed by atoms with Gasteiger partial charge < -0.3 is 14.6 Å². The highest BCUT2D eigenvalue weighted by Crippen LogP contribution is 2.28. The van der Waals surface area contributed by atoms with Gasteiger partial charge in [-0.1, -0.05) is 6.07 Å². The van der Waals surface area contributed by atoms with E-state index in [0.29, 0.717) is 19.6 Å². The van der Waals surface area contributed by atoms with Gasteiger partial charge in [0, 0.05) is 43.8 Å². The minimum Gasteiger partial charge on any atom is -0.505 e. The topological polar surface area (TPSA) is 84.1 Å². The Balaban J connectivity index is 1.52. The number of carbonyl (C=O) groups excluding carboxylic acids is 1. The van der Waals surface area contributed by atoms with Crippen molar-refractivity contribution in [2.75, 3.05) is 13.1 Å². The third-order valence-corrected chi connectivity index (χ3v) is 4.87. The summed E-state index contributed by atoms with van der Waals surface area (Å²) >= 11 is 0. The molecule has 0 saturated carbocycles. The lowest BCUT2D eigenvalue weighted by Crippen LogP contribution is -2.40.